The van der Waals surface area contributed by atoms with Crippen molar-refractivity contribution in [3.8, 4) is 0 Å². The molecule has 3 N–H and O–H groups in total. The number of hydrogen-bond acceptors (Lipinski definition) is 5. The van der Waals surface area contributed by atoms with E-state index in [0.717, 1.165) is 22.5 Å². The summed E-state index contributed by atoms with van der Waals surface area (Å²) in [5.74, 6) is 0.755. The van der Waals surface area contributed by atoms with E-state index in [1.807, 2.05) is 18.4 Å². The van der Waals surface area contributed by atoms with Crippen molar-refractivity contribution in [2.45, 2.75) is 50.9 Å². The number of halogens is 2. The van der Waals surface area contributed by atoms with Gasteiger partial charge in [0.1, 0.15) is 22.1 Å². The summed E-state index contributed by atoms with van der Waals surface area (Å²) in [5, 5.41) is 5.82. The summed E-state index contributed by atoms with van der Waals surface area (Å²) in [6, 6.07) is 5.59. The van der Waals surface area contributed by atoms with Crippen molar-refractivity contribution in [2.24, 2.45) is 5.73 Å². The Morgan fingerprint density at radius 1 is 1.50 bits per heavy atom. The highest BCUT2D eigenvalue weighted by atomic mass is 35.5. The second kappa shape index (κ2) is 6.83. The Hall–Kier alpha value is -1.63. The van der Waals surface area contributed by atoms with E-state index in [2.05, 4.69) is 16.4 Å². The average molecular weight is 394 g/mol. The number of rotatable bonds is 7. The van der Waals surface area contributed by atoms with Crippen molar-refractivity contribution in [3.63, 3.8) is 0 Å². The summed E-state index contributed by atoms with van der Waals surface area (Å²) >= 11 is 7.89. The molecule has 138 valence electrons. The first-order chi connectivity index (χ1) is 12.4. The second-order valence-corrected chi connectivity index (χ2v) is 8.49. The maximum atomic E-state index is 14.0. The van der Waals surface area contributed by atoms with E-state index < -0.39 is 5.67 Å². The van der Waals surface area contributed by atoms with Gasteiger partial charge in [-0.2, -0.15) is 0 Å². The van der Waals surface area contributed by atoms with Gasteiger partial charge in [0.05, 0.1) is 5.69 Å². The minimum Gasteiger partial charge on any atom is -0.457 e. The highest BCUT2D eigenvalue weighted by Gasteiger charge is 2.44. The minimum atomic E-state index is -1.06. The van der Waals surface area contributed by atoms with Crippen molar-refractivity contribution in [3.05, 3.63) is 44.9 Å². The van der Waals surface area contributed by atoms with Crippen LogP contribution in [-0.2, 0) is 13.0 Å². The zero-order valence-electron chi connectivity index (χ0n) is 14.5. The number of pyridine rings is 1. The monoisotopic (exact) mass is 393 g/mol. The molecule has 0 radical (unpaired) electrons. The van der Waals surface area contributed by atoms with Crippen LogP contribution in [0.1, 0.15) is 35.5 Å². The number of aryl methyl sites for hydroxylation is 1. The van der Waals surface area contributed by atoms with Crippen LogP contribution in [0.4, 0.5) is 10.1 Å². The molecule has 1 fully saturated rings. The highest BCUT2D eigenvalue weighted by Crippen LogP contribution is 2.44. The molecule has 3 aromatic heterocycles. The molecule has 4 nitrogen and oxygen atoms in total. The van der Waals surface area contributed by atoms with Gasteiger partial charge in [0.2, 0.25) is 0 Å². The summed E-state index contributed by atoms with van der Waals surface area (Å²) in [4.78, 5) is 5.63. The molecule has 0 spiro atoms. The number of furan rings is 1. The van der Waals surface area contributed by atoms with Gasteiger partial charge in [0.25, 0.3) is 0 Å². The third kappa shape index (κ3) is 3.72. The fraction of sp³-hybridized carbons (Fsp3) is 0.421. The summed E-state index contributed by atoms with van der Waals surface area (Å²) in [6.45, 7) is 2.63. The zero-order valence-corrected chi connectivity index (χ0v) is 16.1. The van der Waals surface area contributed by atoms with Crippen molar-refractivity contribution >= 4 is 39.7 Å². The van der Waals surface area contributed by atoms with Crippen LogP contribution in [0, 0.1) is 6.92 Å². The quantitative estimate of drug-likeness (QED) is 0.540. The predicted octanol–water partition coefficient (Wildman–Crippen LogP) is 5.23. The first-order valence-electron chi connectivity index (χ1n) is 8.73. The third-order valence-corrected chi connectivity index (χ3v) is 5.91. The smallest absolute Gasteiger partial charge is 0.176 e. The van der Waals surface area contributed by atoms with Crippen molar-refractivity contribution in [1.82, 2.24) is 4.98 Å². The molecule has 1 aliphatic rings. The molecule has 1 atom stereocenters. The van der Waals surface area contributed by atoms with E-state index in [9.17, 15) is 4.39 Å². The SMILES string of the molecule is Cc1c(CC(N)CC2(F)CC2)oc2c(NCc3cccs3)cc(Cl)nc12. The van der Waals surface area contributed by atoms with E-state index in [0.29, 0.717) is 43.0 Å². The maximum absolute atomic E-state index is 14.0. The number of nitrogens with one attached hydrogen (secondary N) is 1. The minimum absolute atomic E-state index is 0.264. The van der Waals surface area contributed by atoms with Crippen LogP contribution >= 0.6 is 22.9 Å². The molecule has 7 heteroatoms. The molecule has 0 saturated heterocycles. The normalized spacial score (nSPS) is 16.8. The van der Waals surface area contributed by atoms with Crippen LogP contribution in [0.3, 0.4) is 0 Å². The topological polar surface area (TPSA) is 64.1 Å². The lowest BCUT2D eigenvalue weighted by atomic mass is 10.0. The van der Waals surface area contributed by atoms with Gasteiger partial charge in [-0.25, -0.2) is 9.37 Å². The number of nitrogens with zero attached hydrogens (tertiary/aromatic N) is 1. The highest BCUT2D eigenvalue weighted by molar-refractivity contribution is 7.09. The molecule has 1 saturated carbocycles. The third-order valence-electron chi connectivity index (χ3n) is 4.84. The Morgan fingerprint density at radius 3 is 3.00 bits per heavy atom. The first-order valence-corrected chi connectivity index (χ1v) is 9.98. The van der Waals surface area contributed by atoms with Crippen LogP contribution in [0.15, 0.2) is 28.0 Å². The van der Waals surface area contributed by atoms with Gasteiger partial charge in [-0.05, 0) is 37.6 Å². The number of alkyl halides is 1. The summed E-state index contributed by atoms with van der Waals surface area (Å²) in [6.07, 6.45) is 2.11. The Kier molecular flexibility index (Phi) is 4.67. The van der Waals surface area contributed by atoms with Gasteiger partial charge in [0.15, 0.2) is 5.58 Å². The van der Waals surface area contributed by atoms with Gasteiger partial charge in [-0.3, -0.25) is 0 Å². The van der Waals surface area contributed by atoms with Crippen LogP contribution in [0.5, 0.6) is 0 Å². The Bertz CT molecular complexity index is 921. The molecule has 1 unspecified atom stereocenters. The van der Waals surface area contributed by atoms with Gasteiger partial charge in [0, 0.05) is 35.5 Å². The lowest BCUT2D eigenvalue weighted by Gasteiger charge is -2.12. The Balaban J connectivity index is 1.59. The molecule has 0 aliphatic heterocycles. The summed E-state index contributed by atoms with van der Waals surface area (Å²) in [7, 11) is 0. The van der Waals surface area contributed by atoms with E-state index in [1.54, 1.807) is 17.4 Å². The molecule has 4 rings (SSSR count). The molecular formula is C19H21ClFN3OS. The molecule has 0 aromatic carbocycles. The van der Waals surface area contributed by atoms with Gasteiger partial charge < -0.3 is 15.5 Å². The van der Waals surface area contributed by atoms with Crippen molar-refractivity contribution in [1.29, 1.82) is 0 Å². The van der Waals surface area contributed by atoms with Crippen molar-refractivity contribution < 1.29 is 8.81 Å². The van der Waals surface area contributed by atoms with E-state index >= 15 is 0 Å². The number of aromatic nitrogens is 1. The number of anilines is 1. The molecule has 3 heterocycles. The second-order valence-electron chi connectivity index (χ2n) is 7.07. The van der Waals surface area contributed by atoms with Gasteiger partial charge >= 0.3 is 0 Å². The number of fused-ring (bicyclic) bond motifs is 1. The van der Waals surface area contributed by atoms with E-state index in [4.69, 9.17) is 21.8 Å². The Morgan fingerprint density at radius 2 is 2.31 bits per heavy atom. The van der Waals surface area contributed by atoms with Crippen LogP contribution in [0.2, 0.25) is 5.15 Å². The van der Waals surface area contributed by atoms with Crippen LogP contribution in [-0.4, -0.2) is 16.7 Å². The number of thiophene rings is 1. The van der Waals surface area contributed by atoms with Crippen molar-refractivity contribution in [2.75, 3.05) is 5.32 Å². The van der Waals surface area contributed by atoms with Gasteiger partial charge in [-0.1, -0.05) is 17.7 Å². The fourth-order valence-corrected chi connectivity index (χ4v) is 4.07. The first kappa shape index (κ1) is 17.8. The maximum Gasteiger partial charge on any atom is 0.176 e. The standard InChI is InChI=1S/C19H21ClFN3OS/c1-11-15(7-12(22)9-19(21)4-5-19)25-18-14(8-16(20)24-17(11)18)23-10-13-3-2-6-26-13/h2-3,6,8,12H,4-5,7,9-10,22H2,1H3,(H,23,24). The van der Waals surface area contributed by atoms with Gasteiger partial charge in [-0.15, -0.1) is 11.3 Å². The molecule has 0 bridgehead atoms. The number of hydrogen-bond donors (Lipinski definition) is 2. The van der Waals surface area contributed by atoms with Crippen LogP contribution < -0.4 is 11.1 Å². The number of nitrogens with two attached hydrogens (primary N) is 1. The fourth-order valence-electron chi connectivity index (χ4n) is 3.23. The molecule has 26 heavy (non-hydrogen) atoms. The molecule has 1 aliphatic carbocycles. The van der Waals surface area contributed by atoms with E-state index in [-0.39, 0.29) is 6.04 Å². The predicted molar refractivity (Wildman–Crippen MR) is 105 cm³/mol. The zero-order chi connectivity index (χ0) is 18.3. The largest absolute Gasteiger partial charge is 0.457 e. The Labute approximate surface area is 160 Å². The van der Waals surface area contributed by atoms with Crippen LogP contribution in [0.25, 0.3) is 11.1 Å². The molecular weight excluding hydrogens is 373 g/mol. The summed E-state index contributed by atoms with van der Waals surface area (Å²) < 4.78 is 20.0. The van der Waals surface area contributed by atoms with E-state index in [1.165, 1.54) is 4.88 Å². The lowest BCUT2D eigenvalue weighted by molar-refractivity contribution is 0.267. The lowest BCUT2D eigenvalue weighted by Crippen LogP contribution is -2.27. The average Bonchev–Trinajstić information content (AvgIpc) is 2.98. The molecule has 0 amide bonds. The molecule has 3 aromatic rings. The summed E-state index contributed by atoms with van der Waals surface area (Å²) in [5.41, 5.74) is 8.22.